The fourth-order valence-electron chi connectivity index (χ4n) is 3.75. The highest BCUT2D eigenvalue weighted by Gasteiger charge is 2.45. The molecule has 1 amide bonds. The van der Waals surface area contributed by atoms with Gasteiger partial charge < -0.3 is 14.7 Å². The van der Waals surface area contributed by atoms with Crippen molar-refractivity contribution in [1.82, 2.24) is 4.90 Å². The molecule has 2 aromatic carbocycles. The molecule has 1 saturated heterocycles. The molecule has 5 heteroatoms. The van der Waals surface area contributed by atoms with Crippen LogP contribution >= 0.6 is 0 Å². The van der Waals surface area contributed by atoms with E-state index in [0.717, 1.165) is 11.1 Å². The predicted molar refractivity (Wildman–Crippen MR) is 117 cm³/mol. The highest BCUT2D eigenvalue weighted by Crippen LogP contribution is 2.40. The maximum Gasteiger partial charge on any atom is 0.295 e. The van der Waals surface area contributed by atoms with Gasteiger partial charge in [-0.05, 0) is 23.0 Å². The fraction of sp³-hybridized carbons (Fsp3) is 0.360. The molecule has 0 aliphatic carbocycles. The van der Waals surface area contributed by atoms with Gasteiger partial charge in [-0.15, -0.1) is 0 Å². The fourth-order valence-corrected chi connectivity index (χ4v) is 3.75. The lowest BCUT2D eigenvalue weighted by Gasteiger charge is -2.26. The molecule has 2 aromatic rings. The number of rotatable bonds is 6. The van der Waals surface area contributed by atoms with Crippen LogP contribution in [0.5, 0.6) is 0 Å². The molecule has 1 N–H and O–H groups in total. The van der Waals surface area contributed by atoms with Gasteiger partial charge in [-0.25, -0.2) is 0 Å². The van der Waals surface area contributed by atoms with Crippen LogP contribution in [-0.2, 0) is 19.7 Å². The normalized spacial score (nSPS) is 18.8. The number of benzene rings is 2. The van der Waals surface area contributed by atoms with E-state index in [9.17, 15) is 14.7 Å². The molecule has 158 valence electrons. The number of aliphatic hydroxyl groups is 1. The number of nitrogens with zero attached hydrogens (tertiary/aromatic N) is 1. The summed E-state index contributed by atoms with van der Waals surface area (Å²) in [6.45, 7) is 7.25. The standard InChI is InChI=1S/C25H29NO4/c1-25(2,3)19-13-11-17(12-14-19)21-20(22(27)18-9-6-5-7-10-18)23(28)24(29)26(21)15-8-16-30-4/h5-7,9-14,21,27H,8,15-16H2,1-4H3/b22-20+. The monoisotopic (exact) mass is 407 g/mol. The summed E-state index contributed by atoms with van der Waals surface area (Å²) >= 11 is 0. The van der Waals surface area contributed by atoms with Crippen LogP contribution in [0.3, 0.4) is 0 Å². The third-order valence-electron chi connectivity index (χ3n) is 5.43. The SMILES string of the molecule is COCCCN1C(=O)C(=O)/C(=C(/O)c2ccccc2)C1c1ccc(C(C)(C)C)cc1. The number of likely N-dealkylation sites (tertiary alicyclic amines) is 1. The Hall–Kier alpha value is -2.92. The van der Waals surface area contributed by atoms with Gasteiger partial charge >= 0.3 is 0 Å². The largest absolute Gasteiger partial charge is 0.507 e. The second kappa shape index (κ2) is 8.84. The molecule has 30 heavy (non-hydrogen) atoms. The van der Waals surface area contributed by atoms with E-state index in [4.69, 9.17) is 4.74 Å². The Morgan fingerprint density at radius 3 is 2.23 bits per heavy atom. The Kier molecular flexibility index (Phi) is 6.42. The molecule has 1 atom stereocenters. The summed E-state index contributed by atoms with van der Waals surface area (Å²) in [5, 5.41) is 11.0. The van der Waals surface area contributed by atoms with Crippen molar-refractivity contribution in [1.29, 1.82) is 0 Å². The molecular weight excluding hydrogens is 378 g/mol. The molecule has 1 fully saturated rings. The average molecular weight is 408 g/mol. The summed E-state index contributed by atoms with van der Waals surface area (Å²) < 4.78 is 5.12. The maximum absolute atomic E-state index is 12.9. The van der Waals surface area contributed by atoms with Gasteiger partial charge in [0.1, 0.15) is 5.76 Å². The quantitative estimate of drug-likeness (QED) is 0.333. The van der Waals surface area contributed by atoms with Crippen LogP contribution in [-0.4, -0.2) is 42.0 Å². The molecule has 0 bridgehead atoms. The lowest BCUT2D eigenvalue weighted by molar-refractivity contribution is -0.140. The van der Waals surface area contributed by atoms with Gasteiger partial charge in [0.05, 0.1) is 11.6 Å². The number of amides is 1. The topological polar surface area (TPSA) is 66.8 Å². The van der Waals surface area contributed by atoms with Gasteiger partial charge in [-0.1, -0.05) is 75.4 Å². The lowest BCUT2D eigenvalue weighted by atomic mass is 9.85. The maximum atomic E-state index is 12.9. The zero-order chi connectivity index (χ0) is 21.9. The minimum Gasteiger partial charge on any atom is -0.507 e. The van der Waals surface area contributed by atoms with E-state index in [2.05, 4.69) is 20.8 Å². The number of aliphatic hydroxyl groups excluding tert-OH is 1. The van der Waals surface area contributed by atoms with Gasteiger partial charge in [0.15, 0.2) is 0 Å². The van der Waals surface area contributed by atoms with Crippen LogP contribution in [0.15, 0.2) is 60.2 Å². The van der Waals surface area contributed by atoms with Crippen molar-refractivity contribution >= 4 is 17.4 Å². The van der Waals surface area contributed by atoms with Gasteiger partial charge in [0, 0.05) is 25.8 Å². The van der Waals surface area contributed by atoms with E-state index in [1.807, 2.05) is 30.3 Å². The summed E-state index contributed by atoms with van der Waals surface area (Å²) in [5.74, 6) is -1.39. The third kappa shape index (κ3) is 4.31. The number of hydrogen-bond donors (Lipinski definition) is 1. The molecule has 0 radical (unpaired) electrons. The minimum atomic E-state index is -0.654. The van der Waals surface area contributed by atoms with Crippen molar-refractivity contribution in [2.75, 3.05) is 20.3 Å². The second-order valence-electron chi connectivity index (χ2n) is 8.58. The summed E-state index contributed by atoms with van der Waals surface area (Å²) in [7, 11) is 1.60. The summed E-state index contributed by atoms with van der Waals surface area (Å²) in [4.78, 5) is 27.3. The zero-order valence-electron chi connectivity index (χ0n) is 18.0. The van der Waals surface area contributed by atoms with Crippen molar-refractivity contribution in [3.05, 3.63) is 76.9 Å². The van der Waals surface area contributed by atoms with Crippen LogP contribution in [0.1, 0.15) is 49.9 Å². The molecule has 0 saturated carbocycles. The van der Waals surface area contributed by atoms with E-state index in [1.165, 1.54) is 0 Å². The molecule has 5 nitrogen and oxygen atoms in total. The van der Waals surface area contributed by atoms with Crippen LogP contribution in [0.4, 0.5) is 0 Å². The number of carbonyl (C=O) groups excluding carboxylic acids is 2. The first-order valence-electron chi connectivity index (χ1n) is 10.2. The van der Waals surface area contributed by atoms with Crippen molar-refractivity contribution < 1.29 is 19.4 Å². The van der Waals surface area contributed by atoms with Gasteiger partial charge in [-0.3, -0.25) is 9.59 Å². The van der Waals surface area contributed by atoms with Crippen LogP contribution in [0.2, 0.25) is 0 Å². The van der Waals surface area contributed by atoms with Crippen molar-refractivity contribution in [3.8, 4) is 0 Å². The average Bonchev–Trinajstić information content (AvgIpc) is 2.98. The summed E-state index contributed by atoms with van der Waals surface area (Å²) in [6.07, 6.45) is 0.603. The van der Waals surface area contributed by atoms with Crippen LogP contribution in [0.25, 0.3) is 5.76 Å². The highest BCUT2D eigenvalue weighted by atomic mass is 16.5. The molecule has 1 unspecified atom stereocenters. The molecule has 0 spiro atoms. The van der Waals surface area contributed by atoms with Crippen molar-refractivity contribution in [3.63, 3.8) is 0 Å². The van der Waals surface area contributed by atoms with Crippen LogP contribution < -0.4 is 0 Å². The van der Waals surface area contributed by atoms with Crippen molar-refractivity contribution in [2.24, 2.45) is 0 Å². The van der Waals surface area contributed by atoms with E-state index in [-0.39, 0.29) is 16.7 Å². The Morgan fingerprint density at radius 1 is 1.03 bits per heavy atom. The number of carbonyl (C=O) groups is 2. The van der Waals surface area contributed by atoms with E-state index < -0.39 is 17.7 Å². The Bertz CT molecular complexity index is 939. The minimum absolute atomic E-state index is 0.0111. The second-order valence-corrected chi connectivity index (χ2v) is 8.58. The zero-order valence-corrected chi connectivity index (χ0v) is 18.0. The molecular formula is C25H29NO4. The lowest BCUT2D eigenvalue weighted by Crippen LogP contribution is -2.31. The Morgan fingerprint density at radius 2 is 1.67 bits per heavy atom. The molecule has 1 aliphatic heterocycles. The van der Waals surface area contributed by atoms with Gasteiger partial charge in [-0.2, -0.15) is 0 Å². The Balaban J connectivity index is 2.10. The predicted octanol–water partition coefficient (Wildman–Crippen LogP) is 4.44. The third-order valence-corrected chi connectivity index (χ3v) is 5.43. The molecule has 1 heterocycles. The van der Waals surface area contributed by atoms with Gasteiger partial charge in [0.25, 0.3) is 11.7 Å². The number of hydrogen-bond acceptors (Lipinski definition) is 4. The first-order chi connectivity index (χ1) is 14.3. The van der Waals surface area contributed by atoms with E-state index >= 15 is 0 Å². The highest BCUT2D eigenvalue weighted by molar-refractivity contribution is 6.46. The summed E-state index contributed by atoms with van der Waals surface area (Å²) in [6, 6.07) is 16.2. The molecule has 1 aliphatic rings. The van der Waals surface area contributed by atoms with E-state index in [0.29, 0.717) is 25.1 Å². The number of Topliss-reactive ketones (excluding diaryl/α,β-unsaturated/α-hetero) is 1. The number of ether oxygens (including phenoxy) is 1. The first-order valence-corrected chi connectivity index (χ1v) is 10.2. The molecule has 3 rings (SSSR count). The smallest absolute Gasteiger partial charge is 0.295 e. The Labute approximate surface area is 178 Å². The number of ketones is 1. The van der Waals surface area contributed by atoms with Gasteiger partial charge in [0.2, 0.25) is 0 Å². The number of methoxy groups -OCH3 is 1. The molecule has 0 aromatic heterocycles. The van der Waals surface area contributed by atoms with E-state index in [1.54, 1.807) is 36.3 Å². The van der Waals surface area contributed by atoms with Crippen LogP contribution in [0, 0.1) is 0 Å². The summed E-state index contributed by atoms with van der Waals surface area (Å²) in [5.41, 5.74) is 2.60. The first kappa shape index (κ1) is 21.8. The van der Waals surface area contributed by atoms with Crippen molar-refractivity contribution in [2.45, 2.75) is 38.6 Å².